The molecule has 1 aliphatic rings. The predicted octanol–water partition coefficient (Wildman–Crippen LogP) is -2.84. The summed E-state index contributed by atoms with van der Waals surface area (Å²) in [5.74, 6) is 0.0264. The molecule has 4 unspecified atom stereocenters. The van der Waals surface area contributed by atoms with Gasteiger partial charge in [-0.2, -0.15) is 4.98 Å². The van der Waals surface area contributed by atoms with E-state index in [2.05, 4.69) is 10.3 Å². The smallest absolute Gasteiger partial charge is 0.351 e. The Bertz CT molecular complexity index is 534. The zero-order valence-corrected chi connectivity index (χ0v) is 10.9. The minimum atomic E-state index is -1.28. The van der Waals surface area contributed by atoms with Gasteiger partial charge in [0.15, 0.2) is 6.23 Å². The van der Waals surface area contributed by atoms with Crippen LogP contribution in [0.1, 0.15) is 11.8 Å². The molecule has 1 saturated heterocycles. The summed E-state index contributed by atoms with van der Waals surface area (Å²) in [5, 5.41) is 31.3. The molecule has 1 fully saturated rings. The van der Waals surface area contributed by atoms with Crippen molar-refractivity contribution < 1.29 is 20.1 Å². The second-order valence-electron chi connectivity index (χ2n) is 4.53. The number of hydrogen-bond acceptors (Lipinski definition) is 8. The van der Waals surface area contributed by atoms with Crippen molar-refractivity contribution in [3.05, 3.63) is 22.2 Å². The van der Waals surface area contributed by atoms with Crippen LogP contribution in [0.5, 0.6) is 0 Å². The van der Waals surface area contributed by atoms with Gasteiger partial charge in [0.1, 0.15) is 24.3 Å². The summed E-state index contributed by atoms with van der Waals surface area (Å²) in [4.78, 5) is 15.5. The number of aliphatic hydroxyl groups excluding tert-OH is 3. The van der Waals surface area contributed by atoms with Gasteiger partial charge in [-0.05, 0) is 7.05 Å². The van der Waals surface area contributed by atoms with E-state index in [9.17, 15) is 15.0 Å². The highest BCUT2D eigenvalue weighted by Crippen LogP contribution is 2.27. The number of nitrogen functional groups attached to an aromatic ring is 1. The summed E-state index contributed by atoms with van der Waals surface area (Å²) in [6.45, 7) is -0.153. The summed E-state index contributed by atoms with van der Waals surface area (Å²) >= 11 is 0. The summed E-state index contributed by atoms with van der Waals surface area (Å²) in [7, 11) is 1.56. The molecule has 6 N–H and O–H groups in total. The van der Waals surface area contributed by atoms with Crippen molar-refractivity contribution >= 4 is 5.82 Å². The van der Waals surface area contributed by atoms with Crippen LogP contribution in [0.3, 0.4) is 0 Å². The Labute approximate surface area is 114 Å². The van der Waals surface area contributed by atoms with E-state index in [-0.39, 0.29) is 18.8 Å². The van der Waals surface area contributed by atoms with Gasteiger partial charge in [0.05, 0.1) is 0 Å². The number of aromatic nitrogens is 2. The minimum absolute atomic E-state index is 0.0264. The van der Waals surface area contributed by atoms with E-state index in [4.69, 9.17) is 15.6 Å². The van der Waals surface area contributed by atoms with E-state index in [0.29, 0.717) is 5.56 Å². The third-order valence-electron chi connectivity index (χ3n) is 3.24. The van der Waals surface area contributed by atoms with Crippen LogP contribution in [0.2, 0.25) is 0 Å². The number of ether oxygens (including phenoxy) is 1. The quantitative estimate of drug-likeness (QED) is 0.398. The Balaban J connectivity index is 2.38. The molecule has 4 atom stereocenters. The van der Waals surface area contributed by atoms with Crippen molar-refractivity contribution in [3.63, 3.8) is 0 Å². The maximum atomic E-state index is 11.8. The monoisotopic (exact) mass is 286 g/mol. The molecule has 0 radical (unpaired) electrons. The SMILES string of the molecule is CNC1OC(n2cc(CCO)c(N)nc2=O)C(O)C1O. The standard InChI is InChI=1S/C11H18N4O5/c1-13-9-6(17)7(18)10(20-9)15-4-5(2-3-16)8(12)14-11(15)19/h4,6-7,9-10,13,16-18H,2-3H2,1H3,(H2,12,14,19). The Kier molecular flexibility index (Phi) is 4.35. The van der Waals surface area contributed by atoms with Crippen LogP contribution in [0, 0.1) is 0 Å². The molecule has 0 bridgehead atoms. The molecule has 2 heterocycles. The maximum Gasteiger partial charge on any atom is 0.351 e. The topological polar surface area (TPSA) is 143 Å². The Hall–Kier alpha value is -1.52. The van der Waals surface area contributed by atoms with Gasteiger partial charge in [-0.3, -0.25) is 9.88 Å². The number of likely N-dealkylation sites (N-methyl/N-ethyl adjacent to an activating group) is 1. The molecule has 9 heteroatoms. The molecule has 0 aromatic carbocycles. The molecule has 20 heavy (non-hydrogen) atoms. The average Bonchev–Trinajstić information content (AvgIpc) is 2.70. The van der Waals surface area contributed by atoms with Gasteiger partial charge in [-0.15, -0.1) is 0 Å². The first kappa shape index (κ1) is 14.9. The number of aliphatic hydroxyl groups is 3. The first-order chi connectivity index (χ1) is 9.49. The Morgan fingerprint density at radius 1 is 1.50 bits per heavy atom. The van der Waals surface area contributed by atoms with Crippen LogP contribution >= 0.6 is 0 Å². The molecule has 112 valence electrons. The fourth-order valence-electron chi connectivity index (χ4n) is 2.15. The predicted molar refractivity (Wildman–Crippen MR) is 68.7 cm³/mol. The number of rotatable bonds is 4. The van der Waals surface area contributed by atoms with Crippen LogP contribution in [0.4, 0.5) is 5.82 Å². The molecule has 2 rings (SSSR count). The molecule has 1 aromatic rings. The molecule has 9 nitrogen and oxygen atoms in total. The number of nitrogens with zero attached hydrogens (tertiary/aromatic N) is 2. The van der Waals surface area contributed by atoms with E-state index < -0.39 is 30.4 Å². The van der Waals surface area contributed by atoms with Crippen molar-refractivity contribution in [2.24, 2.45) is 0 Å². The summed E-state index contributed by atoms with van der Waals surface area (Å²) < 4.78 is 6.45. The van der Waals surface area contributed by atoms with Gasteiger partial charge < -0.3 is 25.8 Å². The Morgan fingerprint density at radius 2 is 2.20 bits per heavy atom. The Morgan fingerprint density at radius 3 is 2.75 bits per heavy atom. The highest BCUT2D eigenvalue weighted by Gasteiger charge is 2.43. The lowest BCUT2D eigenvalue weighted by atomic mass is 10.2. The normalized spacial score (nSPS) is 29.8. The molecular weight excluding hydrogens is 268 g/mol. The van der Waals surface area contributed by atoms with Crippen LogP contribution in [-0.2, 0) is 11.2 Å². The number of nitrogens with two attached hydrogens (primary N) is 1. The third-order valence-corrected chi connectivity index (χ3v) is 3.24. The highest BCUT2D eigenvalue weighted by molar-refractivity contribution is 5.36. The van der Waals surface area contributed by atoms with Gasteiger partial charge in [0.2, 0.25) is 0 Å². The fraction of sp³-hybridized carbons (Fsp3) is 0.636. The summed E-state index contributed by atoms with van der Waals surface area (Å²) in [6, 6.07) is 0. The first-order valence-corrected chi connectivity index (χ1v) is 6.16. The summed E-state index contributed by atoms with van der Waals surface area (Å²) in [6.07, 6.45) is -2.71. The van der Waals surface area contributed by atoms with Gasteiger partial charge in [-0.1, -0.05) is 0 Å². The highest BCUT2D eigenvalue weighted by atomic mass is 16.6. The van der Waals surface area contributed by atoms with Gasteiger partial charge in [0.25, 0.3) is 0 Å². The first-order valence-electron chi connectivity index (χ1n) is 6.16. The second-order valence-corrected chi connectivity index (χ2v) is 4.53. The molecule has 1 aromatic heterocycles. The fourth-order valence-corrected chi connectivity index (χ4v) is 2.15. The van der Waals surface area contributed by atoms with Crippen LogP contribution in [-0.4, -0.2) is 57.0 Å². The van der Waals surface area contributed by atoms with E-state index in [1.54, 1.807) is 7.05 Å². The van der Waals surface area contributed by atoms with Gasteiger partial charge in [-0.25, -0.2) is 4.79 Å². The third kappa shape index (κ3) is 2.53. The molecule has 0 aliphatic carbocycles. The van der Waals surface area contributed by atoms with Gasteiger partial charge in [0, 0.05) is 24.8 Å². The maximum absolute atomic E-state index is 11.8. The molecular formula is C11H18N4O5. The lowest BCUT2D eigenvalue weighted by Crippen LogP contribution is -2.39. The largest absolute Gasteiger partial charge is 0.396 e. The zero-order chi connectivity index (χ0) is 14.9. The van der Waals surface area contributed by atoms with Crippen molar-refractivity contribution in [3.8, 4) is 0 Å². The molecule has 0 spiro atoms. The zero-order valence-electron chi connectivity index (χ0n) is 10.9. The molecule has 0 amide bonds. The summed E-state index contributed by atoms with van der Waals surface area (Å²) in [5.41, 5.74) is 5.36. The van der Waals surface area contributed by atoms with Crippen LogP contribution < -0.4 is 16.7 Å². The van der Waals surface area contributed by atoms with Crippen molar-refractivity contribution in [1.82, 2.24) is 14.9 Å². The number of hydrogen-bond donors (Lipinski definition) is 5. The van der Waals surface area contributed by atoms with Crippen LogP contribution in [0.25, 0.3) is 0 Å². The van der Waals surface area contributed by atoms with Crippen molar-refractivity contribution in [1.29, 1.82) is 0 Å². The molecule has 1 aliphatic heterocycles. The molecule has 0 saturated carbocycles. The van der Waals surface area contributed by atoms with Crippen molar-refractivity contribution in [2.75, 3.05) is 19.4 Å². The second kappa shape index (κ2) is 5.85. The van der Waals surface area contributed by atoms with E-state index in [1.165, 1.54) is 6.20 Å². The lowest BCUT2D eigenvalue weighted by Gasteiger charge is -2.18. The number of anilines is 1. The van der Waals surface area contributed by atoms with Gasteiger partial charge >= 0.3 is 5.69 Å². The minimum Gasteiger partial charge on any atom is -0.396 e. The van der Waals surface area contributed by atoms with E-state index >= 15 is 0 Å². The average molecular weight is 286 g/mol. The number of nitrogens with one attached hydrogen (secondary N) is 1. The van der Waals surface area contributed by atoms with E-state index in [0.717, 1.165) is 4.57 Å². The van der Waals surface area contributed by atoms with E-state index in [1.807, 2.05) is 0 Å². The lowest BCUT2D eigenvalue weighted by molar-refractivity contribution is -0.0475. The van der Waals surface area contributed by atoms with Crippen LogP contribution in [0.15, 0.2) is 11.0 Å². The van der Waals surface area contributed by atoms with Crippen molar-refractivity contribution in [2.45, 2.75) is 31.1 Å².